The van der Waals surface area contributed by atoms with Crippen molar-refractivity contribution in [2.45, 2.75) is 6.42 Å². The molecule has 42 valence electrons. The first kappa shape index (κ1) is 7.01. The molecule has 2 radical (unpaired) electrons. The van der Waals surface area contributed by atoms with Crippen LogP contribution in [-0.4, -0.2) is 18.9 Å². The molecule has 0 bridgehead atoms. The van der Waals surface area contributed by atoms with E-state index in [0.717, 1.165) is 0 Å². The number of hydrogen-bond acceptors (Lipinski definition) is 3. The van der Waals surface area contributed by atoms with Crippen LogP contribution in [0.5, 0.6) is 0 Å². The van der Waals surface area contributed by atoms with E-state index in [2.05, 4.69) is 0 Å². The summed E-state index contributed by atoms with van der Waals surface area (Å²) < 4.78 is 0. The van der Waals surface area contributed by atoms with Crippen LogP contribution in [0.3, 0.4) is 0 Å². The normalized spacial score (nSPS) is 8.62. The van der Waals surface area contributed by atoms with Gasteiger partial charge >= 0.3 is 0 Å². The standard InChI is InChI=1S/C5H4O3/c6-2-1-5(3-7)4-8/h3,5H,1H2. The SMILES string of the molecule is O=[C]CC([C]=O)C=O. The third-order valence-corrected chi connectivity index (χ3v) is 0.619. The average Bonchev–Trinajstić information content (AvgIpc) is 1.83. The topological polar surface area (TPSA) is 51.2 Å². The summed E-state index contributed by atoms with van der Waals surface area (Å²) in [5.41, 5.74) is 0. The van der Waals surface area contributed by atoms with Crippen molar-refractivity contribution in [3.8, 4) is 0 Å². The van der Waals surface area contributed by atoms with Crippen molar-refractivity contribution >= 4 is 18.9 Å². The molecule has 0 saturated carbocycles. The third kappa shape index (κ3) is 2.23. The maximum atomic E-state index is 9.68. The zero-order valence-electron chi connectivity index (χ0n) is 4.09. The maximum Gasteiger partial charge on any atom is 0.209 e. The van der Waals surface area contributed by atoms with Gasteiger partial charge in [-0.2, -0.15) is 0 Å². The van der Waals surface area contributed by atoms with Gasteiger partial charge in [-0.05, 0) is 0 Å². The van der Waals surface area contributed by atoms with E-state index in [1.165, 1.54) is 12.6 Å². The van der Waals surface area contributed by atoms with E-state index >= 15 is 0 Å². The van der Waals surface area contributed by atoms with Gasteiger partial charge in [-0.25, -0.2) is 0 Å². The Morgan fingerprint density at radius 2 is 2.12 bits per heavy atom. The Labute approximate surface area is 46.7 Å². The van der Waals surface area contributed by atoms with Crippen molar-refractivity contribution < 1.29 is 14.4 Å². The highest BCUT2D eigenvalue weighted by Gasteiger charge is 2.03. The molecule has 0 aromatic heterocycles. The van der Waals surface area contributed by atoms with Gasteiger partial charge < -0.3 is 4.79 Å². The first-order valence-electron chi connectivity index (χ1n) is 2.03. The van der Waals surface area contributed by atoms with Crippen molar-refractivity contribution in [1.82, 2.24) is 0 Å². The van der Waals surface area contributed by atoms with Crippen molar-refractivity contribution in [2.75, 3.05) is 0 Å². The van der Waals surface area contributed by atoms with Crippen molar-refractivity contribution in [1.29, 1.82) is 0 Å². The molecule has 0 fully saturated rings. The van der Waals surface area contributed by atoms with E-state index < -0.39 is 5.92 Å². The predicted molar refractivity (Wildman–Crippen MR) is 25.6 cm³/mol. The summed E-state index contributed by atoms with van der Waals surface area (Å²) >= 11 is 0. The van der Waals surface area contributed by atoms with Crippen LogP contribution in [0.2, 0.25) is 0 Å². The summed E-state index contributed by atoms with van der Waals surface area (Å²) in [5, 5.41) is 0. The van der Waals surface area contributed by atoms with Gasteiger partial charge in [0.15, 0.2) is 6.29 Å². The third-order valence-electron chi connectivity index (χ3n) is 0.619. The minimum Gasteiger partial charge on any atom is -0.303 e. The fraction of sp³-hybridized carbons (Fsp3) is 0.400. The molecular formula is C5H4O3. The zero-order chi connectivity index (χ0) is 6.41. The quantitative estimate of drug-likeness (QED) is 0.361. The minimum atomic E-state index is -0.910. The maximum absolute atomic E-state index is 9.68. The summed E-state index contributed by atoms with van der Waals surface area (Å²) in [5.74, 6) is -0.910. The molecule has 0 aromatic carbocycles. The fourth-order valence-corrected chi connectivity index (χ4v) is 0.207. The van der Waals surface area contributed by atoms with E-state index in [0.29, 0.717) is 6.29 Å². The van der Waals surface area contributed by atoms with E-state index in [-0.39, 0.29) is 6.42 Å². The molecule has 3 nitrogen and oxygen atoms in total. The highest BCUT2D eigenvalue weighted by Crippen LogP contribution is 1.88. The summed E-state index contributed by atoms with van der Waals surface area (Å²) in [6.45, 7) is 0. The Kier molecular flexibility index (Phi) is 3.66. The number of carbonyl (C=O) groups excluding carboxylic acids is 3. The molecule has 0 aliphatic heterocycles. The lowest BCUT2D eigenvalue weighted by Crippen LogP contribution is -2.02. The Balaban J connectivity index is 3.50. The molecule has 8 heavy (non-hydrogen) atoms. The van der Waals surface area contributed by atoms with E-state index in [1.54, 1.807) is 0 Å². The minimum absolute atomic E-state index is 0.174. The molecule has 0 amide bonds. The van der Waals surface area contributed by atoms with Gasteiger partial charge in [0.05, 0.1) is 5.92 Å². The Hall–Kier alpha value is -0.990. The van der Waals surface area contributed by atoms with Crippen molar-refractivity contribution in [3.63, 3.8) is 0 Å². The first-order valence-corrected chi connectivity index (χ1v) is 2.03. The van der Waals surface area contributed by atoms with Crippen LogP contribution in [0.25, 0.3) is 0 Å². The monoisotopic (exact) mass is 112 g/mol. The summed E-state index contributed by atoms with van der Waals surface area (Å²) in [6, 6.07) is 0. The molecule has 0 aliphatic carbocycles. The second kappa shape index (κ2) is 4.18. The largest absolute Gasteiger partial charge is 0.303 e. The summed E-state index contributed by atoms with van der Waals surface area (Å²) in [7, 11) is 0. The first-order chi connectivity index (χ1) is 3.85. The Morgan fingerprint density at radius 1 is 1.50 bits per heavy atom. The van der Waals surface area contributed by atoms with Gasteiger partial charge in [0, 0.05) is 6.42 Å². The molecule has 0 saturated heterocycles. The molecule has 0 heterocycles. The van der Waals surface area contributed by atoms with Gasteiger partial charge in [0.2, 0.25) is 6.29 Å². The van der Waals surface area contributed by atoms with Gasteiger partial charge in [-0.3, -0.25) is 9.59 Å². The second-order valence-corrected chi connectivity index (χ2v) is 1.21. The molecule has 0 rings (SSSR count). The number of aldehydes is 1. The van der Waals surface area contributed by atoms with Gasteiger partial charge in [0.1, 0.15) is 6.29 Å². The van der Waals surface area contributed by atoms with Crippen LogP contribution in [-0.2, 0) is 14.4 Å². The number of hydrogen-bond donors (Lipinski definition) is 0. The smallest absolute Gasteiger partial charge is 0.209 e. The summed E-state index contributed by atoms with van der Waals surface area (Å²) in [6.07, 6.45) is 3.00. The van der Waals surface area contributed by atoms with Gasteiger partial charge in [-0.15, -0.1) is 0 Å². The predicted octanol–water partition coefficient (Wildman–Crippen LogP) is -0.589. The lowest BCUT2D eigenvalue weighted by atomic mass is 10.1. The van der Waals surface area contributed by atoms with Crippen LogP contribution in [0.1, 0.15) is 6.42 Å². The Bertz CT molecular complexity index is 89.8. The van der Waals surface area contributed by atoms with Crippen LogP contribution < -0.4 is 0 Å². The lowest BCUT2D eigenvalue weighted by Gasteiger charge is -1.85. The molecule has 0 spiro atoms. The molecule has 1 atom stereocenters. The van der Waals surface area contributed by atoms with E-state index in [4.69, 9.17) is 0 Å². The second-order valence-electron chi connectivity index (χ2n) is 1.21. The fourth-order valence-electron chi connectivity index (χ4n) is 0.207. The number of rotatable bonds is 4. The molecule has 1 unspecified atom stereocenters. The van der Waals surface area contributed by atoms with Gasteiger partial charge in [0.25, 0.3) is 0 Å². The van der Waals surface area contributed by atoms with Crippen LogP contribution >= 0.6 is 0 Å². The highest BCUT2D eigenvalue weighted by atomic mass is 16.1. The zero-order valence-corrected chi connectivity index (χ0v) is 4.09. The van der Waals surface area contributed by atoms with Crippen LogP contribution in [0.4, 0.5) is 0 Å². The van der Waals surface area contributed by atoms with Gasteiger partial charge in [-0.1, -0.05) is 0 Å². The Morgan fingerprint density at radius 3 is 2.25 bits per heavy atom. The summed E-state index contributed by atoms with van der Waals surface area (Å²) in [4.78, 5) is 28.7. The van der Waals surface area contributed by atoms with Crippen molar-refractivity contribution in [3.05, 3.63) is 0 Å². The van der Waals surface area contributed by atoms with Crippen LogP contribution in [0.15, 0.2) is 0 Å². The molecular weight excluding hydrogens is 108 g/mol. The molecule has 0 aliphatic rings. The van der Waals surface area contributed by atoms with Crippen molar-refractivity contribution in [2.24, 2.45) is 5.92 Å². The molecule has 0 N–H and O–H groups in total. The molecule has 0 aromatic rings. The molecule has 3 heteroatoms. The van der Waals surface area contributed by atoms with Crippen LogP contribution in [0, 0.1) is 5.92 Å². The van der Waals surface area contributed by atoms with E-state index in [9.17, 15) is 14.4 Å². The lowest BCUT2D eigenvalue weighted by molar-refractivity contribution is -0.109. The van der Waals surface area contributed by atoms with E-state index in [1.807, 2.05) is 0 Å². The highest BCUT2D eigenvalue weighted by molar-refractivity contribution is 5.81. The average molecular weight is 112 g/mol. The number of carbonyl (C=O) groups is 1.